The maximum atomic E-state index is 11.0. The van der Waals surface area contributed by atoms with Gasteiger partial charge in [-0.05, 0) is 25.1 Å². The van der Waals surface area contributed by atoms with E-state index in [4.69, 9.17) is 4.42 Å². The van der Waals surface area contributed by atoms with E-state index in [1.807, 2.05) is 13.8 Å². The number of aromatic nitrogens is 1. The molecule has 6 nitrogen and oxygen atoms in total. The smallest absolute Gasteiger partial charge is 0.282 e. The molecule has 0 radical (unpaired) electrons. The number of aryl methyl sites for hydroxylation is 1. The molecule has 2 aromatic rings. The summed E-state index contributed by atoms with van der Waals surface area (Å²) in [4.78, 5) is 14.8. The third-order valence-electron chi connectivity index (χ3n) is 2.69. The molecule has 1 aromatic carbocycles. The molecular formula is C13H15N3O3. The van der Waals surface area contributed by atoms with Crippen LogP contribution >= 0.6 is 0 Å². The number of hydrogen-bond donors (Lipinski definition) is 1. The highest BCUT2D eigenvalue weighted by molar-refractivity contribution is 5.67. The number of nitro benzene ring substituents is 1. The first-order valence-electron chi connectivity index (χ1n) is 6.02. The van der Waals surface area contributed by atoms with Gasteiger partial charge in [-0.3, -0.25) is 10.1 Å². The summed E-state index contributed by atoms with van der Waals surface area (Å²) < 4.78 is 5.34. The molecule has 1 aromatic heterocycles. The van der Waals surface area contributed by atoms with Crippen LogP contribution in [0.3, 0.4) is 0 Å². The first-order chi connectivity index (χ1) is 9.11. The molecule has 100 valence electrons. The lowest BCUT2D eigenvalue weighted by atomic mass is 10.1. The topological polar surface area (TPSA) is 81.2 Å². The Balaban J connectivity index is 2.37. The number of nitrogens with one attached hydrogen (secondary N) is 1. The Morgan fingerprint density at radius 3 is 2.95 bits per heavy atom. The first kappa shape index (κ1) is 13.2. The van der Waals surface area contributed by atoms with Crippen LogP contribution in [0.2, 0.25) is 0 Å². The molecule has 0 amide bonds. The fourth-order valence-electron chi connectivity index (χ4n) is 1.75. The van der Waals surface area contributed by atoms with Gasteiger partial charge in [-0.1, -0.05) is 13.0 Å². The van der Waals surface area contributed by atoms with Gasteiger partial charge in [0.1, 0.15) is 11.8 Å². The van der Waals surface area contributed by atoms with E-state index in [1.54, 1.807) is 12.1 Å². The molecule has 6 heteroatoms. The Labute approximate surface area is 110 Å². The zero-order valence-corrected chi connectivity index (χ0v) is 10.8. The van der Waals surface area contributed by atoms with E-state index in [-0.39, 0.29) is 11.6 Å². The van der Waals surface area contributed by atoms with Gasteiger partial charge in [0.2, 0.25) is 5.89 Å². The van der Waals surface area contributed by atoms with Gasteiger partial charge in [0.05, 0.1) is 10.6 Å². The van der Waals surface area contributed by atoms with Gasteiger partial charge in [-0.25, -0.2) is 4.98 Å². The average Bonchev–Trinajstić information content (AvgIpc) is 2.84. The van der Waals surface area contributed by atoms with Gasteiger partial charge >= 0.3 is 0 Å². The molecule has 0 unspecified atom stereocenters. The van der Waals surface area contributed by atoms with E-state index in [9.17, 15) is 10.1 Å². The van der Waals surface area contributed by atoms with E-state index in [0.717, 1.165) is 17.8 Å². The van der Waals surface area contributed by atoms with Crippen LogP contribution in [0.1, 0.15) is 18.2 Å². The second kappa shape index (κ2) is 5.62. The van der Waals surface area contributed by atoms with E-state index in [1.165, 1.54) is 12.3 Å². The van der Waals surface area contributed by atoms with Crippen LogP contribution < -0.4 is 5.32 Å². The van der Waals surface area contributed by atoms with Gasteiger partial charge < -0.3 is 9.73 Å². The number of nitrogens with zero attached hydrogens (tertiary/aromatic N) is 2. The summed E-state index contributed by atoms with van der Waals surface area (Å²) in [5, 5.41) is 14.1. The van der Waals surface area contributed by atoms with Crippen LogP contribution in [0.25, 0.3) is 11.5 Å². The Kier molecular flexibility index (Phi) is 3.91. The van der Waals surface area contributed by atoms with Crippen molar-refractivity contribution in [2.45, 2.75) is 20.4 Å². The molecule has 1 heterocycles. The predicted molar refractivity (Wildman–Crippen MR) is 70.7 cm³/mol. The molecule has 19 heavy (non-hydrogen) atoms. The number of nitro groups is 1. The quantitative estimate of drug-likeness (QED) is 0.661. The van der Waals surface area contributed by atoms with Gasteiger partial charge in [0.15, 0.2) is 0 Å². The number of hydrogen-bond acceptors (Lipinski definition) is 5. The standard InChI is InChI=1S/C13H15N3O3/c1-3-14-7-10-8-19-13(15-10)11-6-9(2)4-5-12(11)16(17)18/h4-6,8,14H,3,7H2,1-2H3. The highest BCUT2D eigenvalue weighted by Crippen LogP contribution is 2.30. The van der Waals surface area contributed by atoms with Crippen LogP contribution in [-0.4, -0.2) is 16.5 Å². The minimum atomic E-state index is -0.428. The molecule has 0 bridgehead atoms. The summed E-state index contributed by atoms with van der Waals surface area (Å²) in [6.07, 6.45) is 1.52. The lowest BCUT2D eigenvalue weighted by molar-refractivity contribution is -0.384. The summed E-state index contributed by atoms with van der Waals surface area (Å²) in [7, 11) is 0. The fraction of sp³-hybridized carbons (Fsp3) is 0.308. The zero-order chi connectivity index (χ0) is 13.8. The Bertz CT molecular complexity index is 593. The van der Waals surface area contributed by atoms with Crippen molar-refractivity contribution >= 4 is 5.69 Å². The number of benzene rings is 1. The third-order valence-corrected chi connectivity index (χ3v) is 2.69. The lowest BCUT2D eigenvalue weighted by Gasteiger charge is -2.00. The molecule has 0 aliphatic rings. The van der Waals surface area contributed by atoms with Gasteiger partial charge in [0, 0.05) is 12.6 Å². The summed E-state index contributed by atoms with van der Waals surface area (Å²) in [5.74, 6) is 0.281. The SMILES string of the molecule is CCNCc1coc(-c2cc(C)ccc2[N+](=O)[O-])n1. The largest absolute Gasteiger partial charge is 0.444 e. The van der Waals surface area contributed by atoms with Crippen molar-refractivity contribution in [1.29, 1.82) is 0 Å². The molecule has 0 fully saturated rings. The van der Waals surface area contributed by atoms with Crippen molar-refractivity contribution in [3.63, 3.8) is 0 Å². The molecule has 0 saturated carbocycles. The van der Waals surface area contributed by atoms with E-state index >= 15 is 0 Å². The zero-order valence-electron chi connectivity index (χ0n) is 10.8. The highest BCUT2D eigenvalue weighted by Gasteiger charge is 2.19. The van der Waals surface area contributed by atoms with Crippen LogP contribution in [0.5, 0.6) is 0 Å². The third kappa shape index (κ3) is 2.97. The van der Waals surface area contributed by atoms with Gasteiger partial charge in [0.25, 0.3) is 5.69 Å². The maximum absolute atomic E-state index is 11.0. The molecule has 0 atom stereocenters. The van der Waals surface area contributed by atoms with Gasteiger partial charge in [-0.2, -0.15) is 0 Å². The predicted octanol–water partition coefficient (Wildman–Crippen LogP) is 2.67. The van der Waals surface area contributed by atoms with Crippen molar-refractivity contribution < 1.29 is 9.34 Å². The summed E-state index contributed by atoms with van der Waals surface area (Å²) in [5.41, 5.74) is 2.06. The Hall–Kier alpha value is -2.21. The van der Waals surface area contributed by atoms with E-state index < -0.39 is 4.92 Å². The highest BCUT2D eigenvalue weighted by atomic mass is 16.6. The Morgan fingerprint density at radius 1 is 1.47 bits per heavy atom. The fourth-order valence-corrected chi connectivity index (χ4v) is 1.75. The lowest BCUT2D eigenvalue weighted by Crippen LogP contribution is -2.11. The Morgan fingerprint density at radius 2 is 2.26 bits per heavy atom. The monoisotopic (exact) mass is 261 g/mol. The normalized spacial score (nSPS) is 10.6. The average molecular weight is 261 g/mol. The molecule has 0 aliphatic carbocycles. The maximum Gasteiger partial charge on any atom is 0.282 e. The number of rotatable bonds is 5. The van der Waals surface area contributed by atoms with Crippen LogP contribution in [0.15, 0.2) is 28.9 Å². The molecule has 2 rings (SSSR count). The minimum absolute atomic E-state index is 0.00227. The van der Waals surface area contributed by atoms with Crippen molar-refractivity contribution in [1.82, 2.24) is 10.3 Å². The van der Waals surface area contributed by atoms with Crippen molar-refractivity contribution in [2.24, 2.45) is 0 Å². The van der Waals surface area contributed by atoms with Crippen LogP contribution in [-0.2, 0) is 6.54 Å². The molecule has 0 aliphatic heterocycles. The second-order valence-electron chi connectivity index (χ2n) is 4.20. The van der Waals surface area contributed by atoms with E-state index in [0.29, 0.717) is 12.1 Å². The summed E-state index contributed by atoms with van der Waals surface area (Å²) >= 11 is 0. The van der Waals surface area contributed by atoms with Crippen molar-refractivity contribution in [3.8, 4) is 11.5 Å². The minimum Gasteiger partial charge on any atom is -0.444 e. The molecular weight excluding hydrogens is 246 g/mol. The second-order valence-corrected chi connectivity index (χ2v) is 4.20. The van der Waals surface area contributed by atoms with Crippen LogP contribution in [0, 0.1) is 17.0 Å². The van der Waals surface area contributed by atoms with Crippen molar-refractivity contribution in [2.75, 3.05) is 6.54 Å². The van der Waals surface area contributed by atoms with Crippen LogP contribution in [0.4, 0.5) is 5.69 Å². The van der Waals surface area contributed by atoms with Gasteiger partial charge in [-0.15, -0.1) is 0 Å². The molecule has 1 N–H and O–H groups in total. The number of oxazole rings is 1. The molecule has 0 saturated heterocycles. The first-order valence-corrected chi connectivity index (χ1v) is 6.02. The molecule has 0 spiro atoms. The summed E-state index contributed by atoms with van der Waals surface area (Å²) in [6.45, 7) is 5.27. The van der Waals surface area contributed by atoms with Crippen molar-refractivity contribution in [3.05, 3.63) is 45.8 Å². The van der Waals surface area contributed by atoms with E-state index in [2.05, 4.69) is 10.3 Å². The summed E-state index contributed by atoms with van der Waals surface area (Å²) in [6, 6.07) is 4.88.